The molecule has 0 spiro atoms. The molecule has 4 saturated carbocycles. The largest absolute Gasteiger partial charge is 0.135 e. The van der Waals surface area contributed by atoms with Gasteiger partial charge in [0, 0.05) is 21.0 Å². The summed E-state index contributed by atoms with van der Waals surface area (Å²) in [6.07, 6.45) is 28.3. The molecule has 37 heavy (non-hydrogen) atoms. The van der Waals surface area contributed by atoms with Crippen molar-refractivity contribution < 1.29 is 0 Å². The van der Waals surface area contributed by atoms with Gasteiger partial charge in [-0.15, -0.1) is 62.8 Å². The molecule has 0 aromatic carbocycles. The highest BCUT2D eigenvalue weighted by molar-refractivity contribution is 8.42. The summed E-state index contributed by atoms with van der Waals surface area (Å²) >= 11 is 20.0. The molecule has 0 aromatic heterocycles. The van der Waals surface area contributed by atoms with Gasteiger partial charge in [0.05, 0.1) is 16.9 Å². The van der Waals surface area contributed by atoms with Gasteiger partial charge in [0.25, 0.3) is 0 Å². The molecule has 210 valence electrons. The fourth-order valence-electron chi connectivity index (χ4n) is 5.98. The standard InChI is InChI=1S/C28H45NS8/c30-25(31-21-13-5-1-6-14-21)26(32-22-15-7-2-8-16-22)35-29-36-27(33-23-17-9-3-10-18-23)28(37-29)34-24-19-11-4-12-20-24/h21-24,30H,1-20H2/b26-25+. The smallest absolute Gasteiger partial charge is 0.0793 e. The van der Waals surface area contributed by atoms with Gasteiger partial charge < -0.3 is 0 Å². The van der Waals surface area contributed by atoms with Crippen LogP contribution in [0.3, 0.4) is 0 Å². The van der Waals surface area contributed by atoms with Crippen LogP contribution in [-0.4, -0.2) is 24.1 Å². The van der Waals surface area contributed by atoms with Crippen LogP contribution in [0.5, 0.6) is 0 Å². The van der Waals surface area contributed by atoms with Gasteiger partial charge >= 0.3 is 0 Å². The maximum Gasteiger partial charge on any atom is 0.0793 e. The molecule has 1 aliphatic heterocycles. The highest BCUT2D eigenvalue weighted by Crippen LogP contribution is 2.62. The molecule has 1 nitrogen and oxygen atoms in total. The van der Waals surface area contributed by atoms with Crippen LogP contribution in [0.15, 0.2) is 16.9 Å². The van der Waals surface area contributed by atoms with Crippen LogP contribution in [0.2, 0.25) is 0 Å². The van der Waals surface area contributed by atoms with Crippen molar-refractivity contribution >= 4 is 95.5 Å². The van der Waals surface area contributed by atoms with Crippen LogP contribution < -0.4 is 0 Å². The number of hydrogen-bond acceptors (Lipinski definition) is 9. The van der Waals surface area contributed by atoms with E-state index in [2.05, 4.69) is 50.2 Å². The SMILES string of the molecule is S/C(SC1CCCCC1)=C(/SC1CCCCC1)SN1SC(SC2CCCCC2)=C(SC2CCCCC2)S1. The Balaban J connectivity index is 1.26. The Morgan fingerprint density at radius 2 is 0.919 bits per heavy atom. The van der Waals surface area contributed by atoms with E-state index in [4.69, 9.17) is 12.6 Å². The summed E-state index contributed by atoms with van der Waals surface area (Å²) in [5.41, 5.74) is 0. The van der Waals surface area contributed by atoms with E-state index in [1.54, 1.807) is 8.47 Å². The zero-order chi connectivity index (χ0) is 25.3. The van der Waals surface area contributed by atoms with Crippen molar-refractivity contribution in [2.45, 2.75) is 149 Å². The predicted molar refractivity (Wildman–Crippen MR) is 186 cm³/mol. The molecule has 4 fully saturated rings. The van der Waals surface area contributed by atoms with Crippen molar-refractivity contribution in [2.75, 3.05) is 0 Å². The Labute approximate surface area is 262 Å². The van der Waals surface area contributed by atoms with Gasteiger partial charge in [0.1, 0.15) is 0 Å². The second-order valence-electron chi connectivity index (χ2n) is 11.2. The number of hydrogen-bond donors (Lipinski definition) is 1. The normalized spacial score (nSPS) is 27.2. The lowest BCUT2D eigenvalue weighted by atomic mass is 10.0. The van der Waals surface area contributed by atoms with Crippen LogP contribution in [0.25, 0.3) is 0 Å². The quantitative estimate of drug-likeness (QED) is 0.181. The maximum atomic E-state index is 5.20. The highest BCUT2D eigenvalue weighted by Gasteiger charge is 2.33. The maximum absolute atomic E-state index is 5.20. The minimum Gasteiger partial charge on any atom is -0.135 e. The van der Waals surface area contributed by atoms with Crippen molar-refractivity contribution in [3.63, 3.8) is 0 Å². The third kappa shape index (κ3) is 10.2. The molecule has 1 heterocycles. The van der Waals surface area contributed by atoms with E-state index in [-0.39, 0.29) is 0 Å². The number of nitrogens with zero attached hydrogens (tertiary/aromatic N) is 1. The summed E-state index contributed by atoms with van der Waals surface area (Å²) in [4.78, 5) is 0. The molecular weight excluding hydrogens is 607 g/mol. The predicted octanol–water partition coefficient (Wildman–Crippen LogP) is 12.7. The van der Waals surface area contributed by atoms with Crippen LogP contribution >= 0.6 is 95.5 Å². The minimum absolute atomic E-state index is 0.774. The lowest BCUT2D eigenvalue weighted by Crippen LogP contribution is -2.10. The van der Waals surface area contributed by atoms with E-state index in [1.165, 1.54) is 137 Å². The first-order valence-electron chi connectivity index (χ1n) is 14.9. The average Bonchev–Trinajstić information content (AvgIpc) is 3.30. The molecule has 4 aliphatic carbocycles. The lowest BCUT2D eigenvalue weighted by molar-refractivity contribution is 0.516. The number of thioether (sulfide) groups is 4. The molecular formula is C28H45NS8. The summed E-state index contributed by atoms with van der Waals surface area (Å²) in [5.74, 6) is 0. The van der Waals surface area contributed by atoms with Crippen molar-refractivity contribution in [2.24, 2.45) is 0 Å². The van der Waals surface area contributed by atoms with E-state index in [9.17, 15) is 0 Å². The van der Waals surface area contributed by atoms with Gasteiger partial charge in [-0.1, -0.05) is 77.0 Å². The number of rotatable bonds is 10. The Hall–Kier alpha value is 2.24. The van der Waals surface area contributed by atoms with E-state index < -0.39 is 0 Å². The molecule has 0 atom stereocenters. The Morgan fingerprint density at radius 1 is 0.541 bits per heavy atom. The molecule has 0 unspecified atom stereocenters. The molecule has 0 aromatic rings. The molecule has 0 N–H and O–H groups in total. The van der Waals surface area contributed by atoms with Crippen LogP contribution in [-0.2, 0) is 0 Å². The minimum atomic E-state index is 0.774. The molecule has 0 radical (unpaired) electrons. The van der Waals surface area contributed by atoms with Crippen molar-refractivity contribution in [3.05, 3.63) is 16.9 Å². The summed E-state index contributed by atoms with van der Waals surface area (Å²) in [6, 6.07) is 0. The van der Waals surface area contributed by atoms with Crippen molar-refractivity contribution in [1.29, 1.82) is 0 Å². The van der Waals surface area contributed by atoms with Gasteiger partial charge in [-0.3, -0.25) is 0 Å². The molecule has 0 bridgehead atoms. The van der Waals surface area contributed by atoms with Gasteiger partial charge in [-0.25, -0.2) is 0 Å². The van der Waals surface area contributed by atoms with Gasteiger partial charge in [0.15, 0.2) is 0 Å². The third-order valence-corrected chi connectivity index (χ3v) is 19.1. The fraction of sp³-hybridized carbons (Fsp3) is 0.857. The van der Waals surface area contributed by atoms with Crippen molar-refractivity contribution in [1.82, 2.24) is 3.12 Å². The molecule has 5 aliphatic rings. The van der Waals surface area contributed by atoms with Gasteiger partial charge in [-0.2, -0.15) is 0 Å². The number of thiol groups is 1. The van der Waals surface area contributed by atoms with E-state index in [0.717, 1.165) is 21.0 Å². The summed E-state index contributed by atoms with van der Waals surface area (Å²) in [5, 5.41) is 3.22. The third-order valence-electron chi connectivity index (χ3n) is 8.12. The molecule has 0 amide bonds. The van der Waals surface area contributed by atoms with Gasteiger partial charge in [-0.05, 0) is 87.2 Å². The highest BCUT2D eigenvalue weighted by atomic mass is 32.3. The van der Waals surface area contributed by atoms with Crippen LogP contribution in [0.4, 0.5) is 0 Å². The van der Waals surface area contributed by atoms with Gasteiger partial charge in [0.2, 0.25) is 0 Å². The van der Waals surface area contributed by atoms with E-state index in [1.807, 2.05) is 35.8 Å². The van der Waals surface area contributed by atoms with Crippen LogP contribution in [0, 0.1) is 0 Å². The summed E-state index contributed by atoms with van der Waals surface area (Å²) < 4.78 is 8.57. The second kappa shape index (κ2) is 16.8. The Bertz CT molecular complexity index is 730. The molecule has 9 heteroatoms. The van der Waals surface area contributed by atoms with Crippen molar-refractivity contribution in [3.8, 4) is 0 Å². The van der Waals surface area contributed by atoms with Crippen LogP contribution in [0.1, 0.15) is 128 Å². The summed E-state index contributed by atoms with van der Waals surface area (Å²) in [6.45, 7) is 0. The van der Waals surface area contributed by atoms with E-state index in [0.29, 0.717) is 0 Å². The molecule has 0 saturated heterocycles. The molecule has 5 rings (SSSR count). The first-order valence-corrected chi connectivity index (χ1v) is 21.2. The average molecular weight is 652 g/mol. The first kappa shape index (κ1) is 30.7. The topological polar surface area (TPSA) is 3.24 Å². The lowest BCUT2D eigenvalue weighted by Gasteiger charge is -2.26. The zero-order valence-corrected chi connectivity index (χ0v) is 28.8. The summed E-state index contributed by atoms with van der Waals surface area (Å²) in [7, 11) is 0. The Kier molecular flexibility index (Phi) is 13.9. The fourth-order valence-corrected chi connectivity index (χ4v) is 17.8. The first-order chi connectivity index (χ1) is 18.2. The zero-order valence-electron chi connectivity index (χ0n) is 22.2. The second-order valence-corrected chi connectivity index (χ2v) is 21.5. The van der Waals surface area contributed by atoms with E-state index >= 15 is 0 Å². The Morgan fingerprint density at radius 3 is 1.35 bits per heavy atom. The monoisotopic (exact) mass is 651 g/mol.